The number of carboxylic acid groups (broad SMARTS) is 2. The molecular weight excluding hydrogens is 252 g/mol. The van der Waals surface area contributed by atoms with Crippen LogP contribution in [0.15, 0.2) is 34.9 Å². The fourth-order valence-corrected chi connectivity index (χ4v) is 1.43. The van der Waals surface area contributed by atoms with Crippen LogP contribution in [0.25, 0.3) is 0 Å². The van der Waals surface area contributed by atoms with Gasteiger partial charge >= 0.3 is 11.9 Å². The third-order valence-electron chi connectivity index (χ3n) is 2.28. The molecule has 19 heavy (non-hydrogen) atoms. The molecule has 0 aliphatic heterocycles. The van der Waals surface area contributed by atoms with Gasteiger partial charge in [-0.3, -0.25) is 4.79 Å². The molecule has 3 N–H and O–H groups in total. The lowest BCUT2D eigenvalue weighted by atomic mass is 10.1. The third-order valence-corrected chi connectivity index (χ3v) is 2.28. The van der Waals surface area contributed by atoms with Gasteiger partial charge in [-0.25, -0.2) is 4.79 Å². The molecule has 7 nitrogen and oxygen atoms in total. The van der Waals surface area contributed by atoms with Crippen molar-refractivity contribution in [1.82, 2.24) is 4.98 Å². The summed E-state index contributed by atoms with van der Waals surface area (Å²) in [4.78, 5) is 24.8. The minimum absolute atomic E-state index is 0.0531. The minimum atomic E-state index is -1.17. The Hall–Kier alpha value is -2.83. The number of anilines is 2. The van der Waals surface area contributed by atoms with Gasteiger partial charge in [-0.05, 0) is 17.7 Å². The first-order valence-electron chi connectivity index (χ1n) is 5.31. The Morgan fingerprint density at radius 1 is 1.21 bits per heavy atom. The number of aromatic carboxylic acids is 1. The molecule has 0 fully saturated rings. The van der Waals surface area contributed by atoms with Crippen molar-refractivity contribution in [3.05, 3.63) is 41.8 Å². The molecular formula is C12H10N2O5. The summed E-state index contributed by atoms with van der Waals surface area (Å²) in [6.45, 7) is 0. The number of hydrogen-bond acceptors (Lipinski definition) is 5. The van der Waals surface area contributed by atoms with E-state index in [4.69, 9.17) is 14.6 Å². The maximum Gasteiger partial charge on any atom is 0.357 e. The zero-order valence-electron chi connectivity index (χ0n) is 9.66. The van der Waals surface area contributed by atoms with E-state index in [-0.39, 0.29) is 18.1 Å². The molecule has 0 atom stereocenters. The third kappa shape index (κ3) is 3.32. The predicted molar refractivity (Wildman–Crippen MR) is 64.5 cm³/mol. The van der Waals surface area contributed by atoms with Gasteiger partial charge < -0.3 is 19.9 Å². The van der Waals surface area contributed by atoms with Crippen molar-refractivity contribution in [3.8, 4) is 0 Å². The lowest BCUT2D eigenvalue weighted by Gasteiger charge is -2.02. The first kappa shape index (κ1) is 12.6. The van der Waals surface area contributed by atoms with E-state index >= 15 is 0 Å². The molecule has 0 saturated carbocycles. The highest BCUT2D eigenvalue weighted by molar-refractivity contribution is 5.85. The second-order valence-electron chi connectivity index (χ2n) is 3.74. The monoisotopic (exact) mass is 262 g/mol. The highest BCUT2D eigenvalue weighted by Gasteiger charge is 2.10. The molecule has 2 aromatic rings. The average Bonchev–Trinajstić information content (AvgIpc) is 2.80. The number of hydrogen-bond donors (Lipinski definition) is 3. The van der Waals surface area contributed by atoms with Gasteiger partial charge in [0.2, 0.25) is 0 Å². The SMILES string of the molecule is O=C(O)Cc1ccc(Nc2nc(C(=O)O)co2)cc1. The zero-order chi connectivity index (χ0) is 13.8. The maximum absolute atomic E-state index is 10.6. The van der Waals surface area contributed by atoms with Crippen LogP contribution in [-0.4, -0.2) is 27.1 Å². The Balaban J connectivity index is 2.06. The highest BCUT2D eigenvalue weighted by atomic mass is 16.4. The number of carbonyl (C=O) groups is 2. The van der Waals surface area contributed by atoms with Crippen molar-refractivity contribution in [2.75, 3.05) is 5.32 Å². The highest BCUT2D eigenvalue weighted by Crippen LogP contribution is 2.17. The average molecular weight is 262 g/mol. The Kier molecular flexibility index (Phi) is 3.46. The van der Waals surface area contributed by atoms with Crippen LogP contribution in [0.1, 0.15) is 16.1 Å². The van der Waals surface area contributed by atoms with Gasteiger partial charge in [-0.2, -0.15) is 4.98 Å². The van der Waals surface area contributed by atoms with Crippen LogP contribution in [0.2, 0.25) is 0 Å². The van der Waals surface area contributed by atoms with Gasteiger partial charge in [0.25, 0.3) is 6.01 Å². The van der Waals surface area contributed by atoms with Crippen molar-refractivity contribution < 1.29 is 24.2 Å². The number of nitrogens with zero attached hydrogens (tertiary/aromatic N) is 1. The minimum Gasteiger partial charge on any atom is -0.481 e. The number of benzene rings is 1. The molecule has 0 unspecified atom stereocenters. The second kappa shape index (κ2) is 5.21. The molecule has 1 aromatic heterocycles. The zero-order valence-corrected chi connectivity index (χ0v) is 9.66. The lowest BCUT2D eigenvalue weighted by molar-refractivity contribution is -0.136. The smallest absolute Gasteiger partial charge is 0.357 e. The standard InChI is InChI=1S/C12H10N2O5/c15-10(16)5-7-1-3-8(4-2-7)13-12-14-9(6-19-12)11(17)18/h1-4,6H,5H2,(H,13,14)(H,15,16)(H,17,18). The van der Waals surface area contributed by atoms with Gasteiger partial charge in [0, 0.05) is 5.69 Å². The summed E-state index contributed by atoms with van der Waals surface area (Å²) in [5.74, 6) is -2.08. The van der Waals surface area contributed by atoms with Crippen LogP contribution in [0.4, 0.5) is 11.7 Å². The fraction of sp³-hybridized carbons (Fsp3) is 0.0833. The largest absolute Gasteiger partial charge is 0.481 e. The van der Waals surface area contributed by atoms with Gasteiger partial charge in [-0.15, -0.1) is 0 Å². The molecule has 1 aromatic carbocycles. The Morgan fingerprint density at radius 2 is 1.89 bits per heavy atom. The summed E-state index contributed by atoms with van der Waals surface area (Å²) >= 11 is 0. The number of oxazole rings is 1. The van der Waals surface area contributed by atoms with E-state index < -0.39 is 11.9 Å². The topological polar surface area (TPSA) is 113 Å². The number of rotatable bonds is 5. The molecule has 0 saturated heterocycles. The molecule has 2 rings (SSSR count). The van der Waals surface area contributed by atoms with Crippen molar-refractivity contribution in [3.63, 3.8) is 0 Å². The number of aliphatic carboxylic acids is 1. The van der Waals surface area contributed by atoms with Crippen molar-refractivity contribution in [1.29, 1.82) is 0 Å². The number of carboxylic acids is 2. The summed E-state index contributed by atoms with van der Waals surface area (Å²) in [5.41, 5.74) is 1.09. The summed E-state index contributed by atoms with van der Waals surface area (Å²) in [6.07, 6.45) is 0.978. The van der Waals surface area contributed by atoms with E-state index in [0.29, 0.717) is 11.3 Å². The van der Waals surface area contributed by atoms with Gasteiger partial charge in [0.15, 0.2) is 5.69 Å². The van der Waals surface area contributed by atoms with E-state index in [2.05, 4.69) is 10.3 Å². The van der Waals surface area contributed by atoms with Crippen molar-refractivity contribution in [2.45, 2.75) is 6.42 Å². The summed E-state index contributed by atoms with van der Waals surface area (Å²) in [5, 5.41) is 20.1. The van der Waals surface area contributed by atoms with Gasteiger partial charge in [0.1, 0.15) is 6.26 Å². The normalized spacial score (nSPS) is 10.1. The molecule has 0 radical (unpaired) electrons. The van der Waals surface area contributed by atoms with Gasteiger partial charge in [-0.1, -0.05) is 12.1 Å². The second-order valence-corrected chi connectivity index (χ2v) is 3.74. The lowest BCUT2D eigenvalue weighted by Crippen LogP contribution is -2.00. The maximum atomic E-state index is 10.6. The number of nitrogens with one attached hydrogen (secondary N) is 1. The van der Waals surface area contributed by atoms with Crippen LogP contribution < -0.4 is 5.32 Å². The van der Waals surface area contributed by atoms with Crippen molar-refractivity contribution >= 4 is 23.6 Å². The molecule has 7 heteroatoms. The quantitative estimate of drug-likeness (QED) is 0.752. The van der Waals surface area contributed by atoms with Crippen LogP contribution in [0.5, 0.6) is 0 Å². The molecule has 0 spiro atoms. The van der Waals surface area contributed by atoms with E-state index in [1.807, 2.05) is 0 Å². The first-order chi connectivity index (χ1) is 9.04. The molecule has 0 bridgehead atoms. The van der Waals surface area contributed by atoms with Crippen LogP contribution in [0.3, 0.4) is 0 Å². The molecule has 0 amide bonds. The summed E-state index contributed by atoms with van der Waals surface area (Å²) in [7, 11) is 0. The van der Waals surface area contributed by atoms with E-state index in [1.54, 1.807) is 24.3 Å². The van der Waals surface area contributed by atoms with Crippen LogP contribution in [-0.2, 0) is 11.2 Å². The summed E-state index contributed by atoms with van der Waals surface area (Å²) < 4.78 is 4.93. The fourth-order valence-electron chi connectivity index (χ4n) is 1.43. The van der Waals surface area contributed by atoms with Crippen LogP contribution in [0, 0.1) is 0 Å². The number of aromatic nitrogens is 1. The van der Waals surface area contributed by atoms with Crippen molar-refractivity contribution in [2.24, 2.45) is 0 Å². The van der Waals surface area contributed by atoms with E-state index in [9.17, 15) is 9.59 Å². The predicted octanol–water partition coefficient (Wildman–Crippen LogP) is 1.74. The molecule has 0 aliphatic carbocycles. The van der Waals surface area contributed by atoms with E-state index in [1.165, 1.54) is 0 Å². The van der Waals surface area contributed by atoms with Gasteiger partial charge in [0.05, 0.1) is 6.42 Å². The first-order valence-corrected chi connectivity index (χ1v) is 5.31. The Bertz CT molecular complexity index is 603. The molecule has 98 valence electrons. The molecule has 0 aliphatic rings. The molecule has 1 heterocycles. The van der Waals surface area contributed by atoms with Crippen LogP contribution >= 0.6 is 0 Å². The summed E-state index contributed by atoms with van der Waals surface area (Å²) in [6, 6.07) is 6.67. The van der Waals surface area contributed by atoms with E-state index in [0.717, 1.165) is 6.26 Å². The Morgan fingerprint density at radius 3 is 2.42 bits per heavy atom. The Labute approximate surface area is 107 Å².